The van der Waals surface area contributed by atoms with Crippen LogP contribution < -0.4 is 0 Å². The number of benzene rings is 1. The fraction of sp³-hybridized carbons (Fsp3) is 0.250. The standard InChI is InChI=1S/C12H12N2/c1-8-13-11-7-9-5-3-4-6-10(9)12(11)14(8)2/h3-6H,7H2,1-2H3. The fourth-order valence-corrected chi connectivity index (χ4v) is 2.22. The van der Waals surface area contributed by atoms with E-state index in [1.807, 2.05) is 0 Å². The molecule has 0 aliphatic heterocycles. The molecule has 2 aromatic rings. The first kappa shape index (κ1) is 7.80. The minimum absolute atomic E-state index is 0.993. The second kappa shape index (κ2) is 2.47. The summed E-state index contributed by atoms with van der Waals surface area (Å²) in [5.74, 6) is 1.10. The van der Waals surface area contributed by atoms with Crippen LogP contribution in [0.4, 0.5) is 0 Å². The summed E-state index contributed by atoms with van der Waals surface area (Å²) in [5.41, 5.74) is 5.29. The van der Waals surface area contributed by atoms with Gasteiger partial charge in [-0.15, -0.1) is 0 Å². The second-order valence-electron chi connectivity index (χ2n) is 3.85. The molecule has 0 amide bonds. The predicted molar refractivity (Wildman–Crippen MR) is 56.2 cm³/mol. The van der Waals surface area contributed by atoms with Crippen LogP contribution in [-0.4, -0.2) is 9.55 Å². The summed E-state index contributed by atoms with van der Waals surface area (Å²) in [6, 6.07) is 8.56. The van der Waals surface area contributed by atoms with Gasteiger partial charge in [-0.1, -0.05) is 24.3 Å². The zero-order valence-corrected chi connectivity index (χ0v) is 8.41. The van der Waals surface area contributed by atoms with Crippen LogP contribution in [-0.2, 0) is 13.5 Å². The molecule has 0 unspecified atom stereocenters. The Morgan fingerprint density at radius 3 is 2.93 bits per heavy atom. The van der Waals surface area contributed by atoms with E-state index in [1.54, 1.807) is 0 Å². The zero-order valence-electron chi connectivity index (χ0n) is 8.41. The lowest BCUT2D eigenvalue weighted by Gasteiger charge is -2.03. The first-order valence-corrected chi connectivity index (χ1v) is 4.88. The third-order valence-corrected chi connectivity index (χ3v) is 3.02. The molecular formula is C12H12N2. The Morgan fingerprint density at radius 2 is 2.07 bits per heavy atom. The van der Waals surface area contributed by atoms with E-state index in [4.69, 9.17) is 0 Å². The van der Waals surface area contributed by atoms with E-state index < -0.39 is 0 Å². The van der Waals surface area contributed by atoms with Gasteiger partial charge in [0.1, 0.15) is 5.82 Å². The van der Waals surface area contributed by atoms with Crippen molar-refractivity contribution in [2.45, 2.75) is 13.3 Å². The quantitative estimate of drug-likeness (QED) is 0.524. The lowest BCUT2D eigenvalue weighted by Crippen LogP contribution is -1.94. The van der Waals surface area contributed by atoms with Crippen LogP contribution in [0.2, 0.25) is 0 Å². The molecule has 0 bridgehead atoms. The Kier molecular flexibility index (Phi) is 1.38. The van der Waals surface area contributed by atoms with Crippen molar-refractivity contribution >= 4 is 0 Å². The van der Waals surface area contributed by atoms with E-state index in [2.05, 4.69) is 47.8 Å². The van der Waals surface area contributed by atoms with Gasteiger partial charge in [0.2, 0.25) is 0 Å². The van der Waals surface area contributed by atoms with Crippen LogP contribution in [0, 0.1) is 6.92 Å². The smallest absolute Gasteiger partial charge is 0.106 e. The molecule has 3 rings (SSSR count). The highest BCUT2D eigenvalue weighted by molar-refractivity contribution is 5.72. The maximum absolute atomic E-state index is 4.57. The predicted octanol–water partition coefficient (Wildman–Crippen LogP) is 2.30. The first-order chi connectivity index (χ1) is 6.77. The van der Waals surface area contributed by atoms with Gasteiger partial charge in [-0.3, -0.25) is 0 Å². The molecule has 0 atom stereocenters. The number of aromatic nitrogens is 2. The van der Waals surface area contributed by atoms with Crippen molar-refractivity contribution in [3.63, 3.8) is 0 Å². The molecule has 1 aliphatic rings. The molecule has 70 valence electrons. The lowest BCUT2D eigenvalue weighted by atomic mass is 10.1. The van der Waals surface area contributed by atoms with Crippen LogP contribution in [0.15, 0.2) is 24.3 Å². The van der Waals surface area contributed by atoms with Crippen molar-refractivity contribution in [3.05, 3.63) is 41.3 Å². The van der Waals surface area contributed by atoms with Gasteiger partial charge in [-0.25, -0.2) is 4.98 Å². The summed E-state index contributed by atoms with van der Waals surface area (Å²) in [4.78, 5) is 4.57. The Bertz CT molecular complexity index is 509. The number of hydrogen-bond acceptors (Lipinski definition) is 1. The van der Waals surface area contributed by atoms with E-state index >= 15 is 0 Å². The third-order valence-electron chi connectivity index (χ3n) is 3.02. The van der Waals surface area contributed by atoms with Gasteiger partial charge in [0.15, 0.2) is 0 Å². The Hall–Kier alpha value is -1.57. The lowest BCUT2D eigenvalue weighted by molar-refractivity contribution is 0.863. The van der Waals surface area contributed by atoms with Gasteiger partial charge in [0, 0.05) is 19.0 Å². The largest absolute Gasteiger partial charge is 0.331 e. The summed E-state index contributed by atoms with van der Waals surface area (Å²) in [5, 5.41) is 0. The molecule has 1 heterocycles. The van der Waals surface area contributed by atoms with Crippen molar-refractivity contribution < 1.29 is 0 Å². The maximum atomic E-state index is 4.57. The second-order valence-corrected chi connectivity index (χ2v) is 3.85. The zero-order chi connectivity index (χ0) is 9.71. The van der Waals surface area contributed by atoms with Crippen LogP contribution in [0.3, 0.4) is 0 Å². The van der Waals surface area contributed by atoms with Crippen molar-refractivity contribution in [3.8, 4) is 11.3 Å². The Balaban J connectivity index is 2.34. The molecule has 2 nitrogen and oxygen atoms in total. The van der Waals surface area contributed by atoms with Crippen LogP contribution in [0.1, 0.15) is 17.1 Å². The van der Waals surface area contributed by atoms with Gasteiger partial charge in [-0.2, -0.15) is 0 Å². The van der Waals surface area contributed by atoms with Gasteiger partial charge in [0.05, 0.1) is 11.4 Å². The van der Waals surface area contributed by atoms with Gasteiger partial charge in [-0.05, 0) is 12.5 Å². The number of aryl methyl sites for hydroxylation is 1. The monoisotopic (exact) mass is 184 g/mol. The number of imidazole rings is 1. The number of fused-ring (bicyclic) bond motifs is 3. The van der Waals surface area contributed by atoms with Crippen LogP contribution in [0.25, 0.3) is 11.3 Å². The van der Waals surface area contributed by atoms with E-state index in [9.17, 15) is 0 Å². The molecule has 0 spiro atoms. The molecule has 14 heavy (non-hydrogen) atoms. The summed E-state index contributed by atoms with van der Waals surface area (Å²) >= 11 is 0. The average Bonchev–Trinajstić information content (AvgIpc) is 2.65. The number of rotatable bonds is 0. The van der Waals surface area contributed by atoms with Gasteiger partial charge >= 0.3 is 0 Å². The van der Waals surface area contributed by atoms with Gasteiger partial charge in [0.25, 0.3) is 0 Å². The molecule has 1 aromatic carbocycles. The number of hydrogen-bond donors (Lipinski definition) is 0. The fourth-order valence-electron chi connectivity index (χ4n) is 2.22. The first-order valence-electron chi connectivity index (χ1n) is 4.88. The molecule has 2 heteroatoms. The molecule has 0 saturated heterocycles. The third kappa shape index (κ3) is 0.830. The van der Waals surface area contributed by atoms with Gasteiger partial charge < -0.3 is 4.57 Å². The number of nitrogens with zero attached hydrogens (tertiary/aromatic N) is 2. The Labute approximate surface area is 83.2 Å². The topological polar surface area (TPSA) is 17.8 Å². The van der Waals surface area contributed by atoms with E-state index in [-0.39, 0.29) is 0 Å². The molecule has 0 radical (unpaired) electrons. The summed E-state index contributed by atoms with van der Waals surface area (Å²) in [6.45, 7) is 2.06. The van der Waals surface area contributed by atoms with Crippen LogP contribution >= 0.6 is 0 Å². The molecule has 0 fully saturated rings. The Morgan fingerprint density at radius 1 is 1.29 bits per heavy atom. The normalized spacial score (nSPS) is 12.7. The van der Waals surface area contributed by atoms with Crippen molar-refractivity contribution in [1.82, 2.24) is 9.55 Å². The summed E-state index contributed by atoms with van der Waals surface area (Å²) in [7, 11) is 2.09. The minimum Gasteiger partial charge on any atom is -0.331 e. The maximum Gasteiger partial charge on any atom is 0.106 e. The van der Waals surface area contributed by atoms with Crippen LogP contribution in [0.5, 0.6) is 0 Å². The average molecular weight is 184 g/mol. The minimum atomic E-state index is 0.993. The SMILES string of the molecule is Cc1nc2c(n1C)-c1ccccc1C2. The van der Waals surface area contributed by atoms with E-state index in [0.29, 0.717) is 0 Å². The summed E-state index contributed by atoms with van der Waals surface area (Å²) < 4.78 is 2.18. The highest BCUT2D eigenvalue weighted by Gasteiger charge is 2.23. The molecule has 1 aliphatic carbocycles. The molecule has 1 aromatic heterocycles. The molecule has 0 saturated carbocycles. The summed E-state index contributed by atoms with van der Waals surface area (Å²) in [6.07, 6.45) is 0.993. The highest BCUT2D eigenvalue weighted by atomic mass is 15.1. The molecular weight excluding hydrogens is 172 g/mol. The van der Waals surface area contributed by atoms with E-state index in [1.165, 1.54) is 22.5 Å². The van der Waals surface area contributed by atoms with Crippen molar-refractivity contribution in [2.75, 3.05) is 0 Å². The molecule has 0 N–H and O–H groups in total. The highest BCUT2D eigenvalue weighted by Crippen LogP contribution is 2.35. The van der Waals surface area contributed by atoms with Crippen molar-refractivity contribution in [1.29, 1.82) is 0 Å². The van der Waals surface area contributed by atoms with E-state index in [0.717, 1.165) is 12.2 Å². The van der Waals surface area contributed by atoms with Crippen molar-refractivity contribution in [2.24, 2.45) is 7.05 Å².